The van der Waals surface area contributed by atoms with Crippen molar-refractivity contribution < 1.29 is 19.4 Å². The van der Waals surface area contributed by atoms with E-state index in [1.54, 1.807) is 30.3 Å². The van der Waals surface area contributed by atoms with Gasteiger partial charge in [0.25, 0.3) is 5.91 Å². The van der Waals surface area contributed by atoms with Crippen LogP contribution in [0, 0.1) is 6.92 Å². The van der Waals surface area contributed by atoms with Gasteiger partial charge in [-0.2, -0.15) is 0 Å². The topological polar surface area (TPSA) is 88.5 Å². The lowest BCUT2D eigenvalue weighted by molar-refractivity contribution is -0.139. The minimum absolute atomic E-state index is 0.232. The molecule has 0 spiro atoms. The van der Waals surface area contributed by atoms with Crippen LogP contribution in [0.25, 0.3) is 20.8 Å². The molecule has 0 radical (unpaired) electrons. The standard InChI is InChI=1S/C23H18N2O4S/c1-14-6-8-15(9-7-14)22(28)24-16-10-11-19(29-13-21(26)27)17(12-16)23-25-18-4-2-3-5-20(18)30-23/h2-12H,13H2,1H3,(H,24,28)(H,26,27). The number of aromatic nitrogens is 1. The van der Waals surface area contributed by atoms with Gasteiger partial charge in [-0.25, -0.2) is 9.78 Å². The Morgan fingerprint density at radius 3 is 2.57 bits per heavy atom. The zero-order valence-corrected chi connectivity index (χ0v) is 16.9. The van der Waals surface area contributed by atoms with E-state index in [9.17, 15) is 9.59 Å². The number of ether oxygens (including phenoxy) is 1. The lowest BCUT2D eigenvalue weighted by atomic mass is 10.1. The van der Waals surface area contributed by atoms with Gasteiger partial charge in [-0.1, -0.05) is 29.8 Å². The lowest BCUT2D eigenvalue weighted by Crippen LogP contribution is -2.12. The second-order valence-corrected chi connectivity index (χ2v) is 7.73. The monoisotopic (exact) mass is 418 g/mol. The molecule has 0 saturated heterocycles. The number of para-hydroxylation sites is 1. The summed E-state index contributed by atoms with van der Waals surface area (Å²) in [6.07, 6.45) is 0. The summed E-state index contributed by atoms with van der Waals surface area (Å²) >= 11 is 1.47. The first-order valence-electron chi connectivity index (χ1n) is 9.22. The molecule has 0 fully saturated rings. The molecule has 1 aromatic heterocycles. The van der Waals surface area contributed by atoms with Gasteiger partial charge < -0.3 is 15.2 Å². The first kappa shape index (κ1) is 19.6. The van der Waals surface area contributed by atoms with E-state index >= 15 is 0 Å². The van der Waals surface area contributed by atoms with Gasteiger partial charge in [0, 0.05) is 11.3 Å². The number of carboxylic acid groups (broad SMARTS) is 1. The van der Waals surface area contributed by atoms with Gasteiger partial charge in [-0.3, -0.25) is 4.79 Å². The van der Waals surface area contributed by atoms with Crippen LogP contribution in [0.15, 0.2) is 66.7 Å². The third kappa shape index (κ3) is 4.31. The van der Waals surface area contributed by atoms with Crippen LogP contribution >= 0.6 is 11.3 Å². The third-order valence-corrected chi connectivity index (χ3v) is 5.50. The summed E-state index contributed by atoms with van der Waals surface area (Å²) in [6.45, 7) is 1.49. The number of carbonyl (C=O) groups is 2. The lowest BCUT2D eigenvalue weighted by Gasteiger charge is -2.12. The molecule has 0 saturated carbocycles. The van der Waals surface area contributed by atoms with Crippen LogP contribution in [0.1, 0.15) is 15.9 Å². The summed E-state index contributed by atoms with van der Waals surface area (Å²) in [4.78, 5) is 28.2. The first-order valence-corrected chi connectivity index (χ1v) is 10.0. The Kier molecular flexibility index (Phi) is 5.45. The van der Waals surface area contributed by atoms with E-state index < -0.39 is 12.6 Å². The average Bonchev–Trinajstić information content (AvgIpc) is 3.17. The van der Waals surface area contributed by atoms with Crippen LogP contribution in [0.2, 0.25) is 0 Å². The number of rotatable bonds is 6. The molecule has 6 nitrogen and oxygen atoms in total. The van der Waals surface area contributed by atoms with Gasteiger partial charge >= 0.3 is 5.97 Å². The Morgan fingerprint density at radius 2 is 1.83 bits per heavy atom. The fourth-order valence-electron chi connectivity index (χ4n) is 2.94. The summed E-state index contributed by atoms with van der Waals surface area (Å²) in [5, 5.41) is 12.5. The predicted molar refractivity (Wildman–Crippen MR) is 117 cm³/mol. The quantitative estimate of drug-likeness (QED) is 0.461. The number of thiazole rings is 1. The summed E-state index contributed by atoms with van der Waals surface area (Å²) in [5.74, 6) is -0.906. The minimum Gasteiger partial charge on any atom is -0.481 e. The zero-order valence-electron chi connectivity index (χ0n) is 16.1. The number of fused-ring (bicyclic) bond motifs is 1. The van der Waals surface area contributed by atoms with Crippen molar-refractivity contribution in [1.82, 2.24) is 4.98 Å². The van der Waals surface area contributed by atoms with Crippen LogP contribution in [0.5, 0.6) is 5.75 Å². The highest BCUT2D eigenvalue weighted by Gasteiger charge is 2.15. The number of hydrogen-bond donors (Lipinski definition) is 2. The Hall–Kier alpha value is -3.71. The molecule has 30 heavy (non-hydrogen) atoms. The number of nitrogens with zero attached hydrogens (tertiary/aromatic N) is 1. The number of aryl methyl sites for hydroxylation is 1. The van der Waals surface area contributed by atoms with Gasteiger partial charge in [-0.05, 0) is 49.4 Å². The smallest absolute Gasteiger partial charge is 0.341 e. The largest absolute Gasteiger partial charge is 0.481 e. The van der Waals surface area contributed by atoms with Crippen molar-refractivity contribution >= 4 is 39.1 Å². The van der Waals surface area contributed by atoms with Gasteiger partial charge in [0.15, 0.2) is 6.61 Å². The molecular weight excluding hydrogens is 400 g/mol. The van der Waals surface area contributed by atoms with E-state index in [4.69, 9.17) is 9.84 Å². The molecule has 2 N–H and O–H groups in total. The SMILES string of the molecule is Cc1ccc(C(=O)Nc2ccc(OCC(=O)O)c(-c3nc4ccccc4s3)c2)cc1. The predicted octanol–water partition coefficient (Wildman–Crippen LogP) is 4.99. The van der Waals surface area contributed by atoms with E-state index in [1.165, 1.54) is 11.3 Å². The second-order valence-electron chi connectivity index (χ2n) is 6.70. The van der Waals surface area contributed by atoms with Crippen molar-refractivity contribution in [1.29, 1.82) is 0 Å². The molecule has 4 aromatic rings. The van der Waals surface area contributed by atoms with Gasteiger partial charge in [-0.15, -0.1) is 11.3 Å². The van der Waals surface area contributed by atoms with Crippen LogP contribution in [0.4, 0.5) is 5.69 Å². The molecule has 0 atom stereocenters. The van der Waals surface area contributed by atoms with E-state index in [2.05, 4.69) is 10.3 Å². The molecule has 0 unspecified atom stereocenters. The Morgan fingerprint density at radius 1 is 1.07 bits per heavy atom. The van der Waals surface area contributed by atoms with E-state index in [0.29, 0.717) is 27.6 Å². The number of carbonyl (C=O) groups excluding carboxylic acids is 1. The zero-order chi connectivity index (χ0) is 21.1. The van der Waals surface area contributed by atoms with Crippen molar-refractivity contribution in [3.05, 3.63) is 77.9 Å². The number of anilines is 1. The molecular formula is C23H18N2O4S. The van der Waals surface area contributed by atoms with E-state index in [-0.39, 0.29) is 5.91 Å². The number of nitrogens with one attached hydrogen (secondary N) is 1. The maximum absolute atomic E-state index is 12.6. The molecule has 0 aliphatic rings. The third-order valence-electron chi connectivity index (χ3n) is 4.43. The highest BCUT2D eigenvalue weighted by molar-refractivity contribution is 7.21. The number of aliphatic carboxylic acids is 1. The molecule has 0 bridgehead atoms. The molecule has 1 heterocycles. The van der Waals surface area contributed by atoms with Crippen molar-refractivity contribution in [2.24, 2.45) is 0 Å². The van der Waals surface area contributed by atoms with Crippen molar-refractivity contribution in [3.63, 3.8) is 0 Å². The fraction of sp³-hybridized carbons (Fsp3) is 0.0870. The van der Waals surface area contributed by atoms with Crippen molar-refractivity contribution in [2.45, 2.75) is 6.92 Å². The van der Waals surface area contributed by atoms with Crippen molar-refractivity contribution in [3.8, 4) is 16.3 Å². The molecule has 0 aliphatic heterocycles. The highest BCUT2D eigenvalue weighted by atomic mass is 32.1. The highest BCUT2D eigenvalue weighted by Crippen LogP contribution is 2.37. The second kappa shape index (κ2) is 8.34. The minimum atomic E-state index is -1.07. The molecule has 0 aliphatic carbocycles. The number of amides is 1. The summed E-state index contributed by atoms with van der Waals surface area (Å²) in [5.41, 5.74) is 3.66. The van der Waals surface area contributed by atoms with E-state index in [1.807, 2.05) is 43.3 Å². The summed E-state index contributed by atoms with van der Waals surface area (Å²) < 4.78 is 6.47. The van der Waals surface area contributed by atoms with Crippen LogP contribution in [0.3, 0.4) is 0 Å². The maximum Gasteiger partial charge on any atom is 0.341 e. The Labute approximate surface area is 176 Å². The molecule has 150 valence electrons. The van der Waals surface area contributed by atoms with Crippen molar-refractivity contribution in [2.75, 3.05) is 11.9 Å². The molecule has 7 heteroatoms. The first-order chi connectivity index (χ1) is 14.5. The molecule has 4 rings (SSSR count). The van der Waals surface area contributed by atoms with Gasteiger partial charge in [0.2, 0.25) is 0 Å². The number of carboxylic acids is 1. The van der Waals surface area contributed by atoms with E-state index in [0.717, 1.165) is 15.8 Å². The average molecular weight is 418 g/mol. The van der Waals surface area contributed by atoms with Crippen LogP contribution in [-0.4, -0.2) is 28.6 Å². The Bertz CT molecular complexity index is 1200. The van der Waals surface area contributed by atoms with Gasteiger partial charge in [0.1, 0.15) is 10.8 Å². The Balaban J connectivity index is 1.69. The number of hydrogen-bond acceptors (Lipinski definition) is 5. The number of benzene rings is 3. The summed E-state index contributed by atoms with van der Waals surface area (Å²) in [6, 6.07) is 20.1. The fourth-order valence-corrected chi connectivity index (χ4v) is 3.92. The normalized spacial score (nSPS) is 10.7. The molecule has 1 amide bonds. The maximum atomic E-state index is 12.6. The molecule has 3 aromatic carbocycles. The van der Waals surface area contributed by atoms with Crippen LogP contribution < -0.4 is 10.1 Å². The van der Waals surface area contributed by atoms with Gasteiger partial charge in [0.05, 0.1) is 15.8 Å². The summed E-state index contributed by atoms with van der Waals surface area (Å²) in [7, 11) is 0. The van der Waals surface area contributed by atoms with Crippen LogP contribution in [-0.2, 0) is 4.79 Å².